The Kier molecular flexibility index (Phi) is 6.21. The molecule has 0 aliphatic carbocycles. The lowest BCUT2D eigenvalue weighted by Crippen LogP contribution is -2.17. The molecule has 0 saturated carbocycles. The summed E-state index contributed by atoms with van der Waals surface area (Å²) in [5.41, 5.74) is 1.27. The predicted molar refractivity (Wildman–Crippen MR) is 89.0 cm³/mol. The largest absolute Gasteiger partial charge is 0.494 e. The van der Waals surface area contributed by atoms with Crippen molar-refractivity contribution in [3.05, 3.63) is 45.9 Å². The molecule has 2 rings (SSSR count). The minimum absolute atomic E-state index is 0.305. The molecule has 1 N–H and O–H groups in total. The topological polar surface area (TPSA) is 34.1 Å². The highest BCUT2D eigenvalue weighted by Gasteiger charge is 2.07. The molecule has 1 unspecified atom stereocenters. The molecule has 1 aromatic carbocycles. The Morgan fingerprint density at radius 1 is 1.24 bits per heavy atom. The molecule has 0 aliphatic heterocycles. The van der Waals surface area contributed by atoms with Gasteiger partial charge in [0.25, 0.3) is 0 Å². The van der Waals surface area contributed by atoms with Gasteiger partial charge in [-0.25, -0.2) is 4.98 Å². The molecule has 21 heavy (non-hydrogen) atoms. The molecule has 0 bridgehead atoms. The highest BCUT2D eigenvalue weighted by Crippen LogP contribution is 2.19. The quantitative estimate of drug-likeness (QED) is 0.787. The lowest BCUT2D eigenvalue weighted by Gasteiger charge is -2.14. The number of rotatable bonds is 8. The molecule has 1 atom stereocenters. The Labute approximate surface area is 131 Å². The van der Waals surface area contributed by atoms with Crippen LogP contribution in [0.2, 0.25) is 0 Å². The van der Waals surface area contributed by atoms with Gasteiger partial charge in [-0.05, 0) is 37.5 Å². The number of nitrogens with one attached hydrogen (secondary N) is 1. The van der Waals surface area contributed by atoms with Crippen molar-refractivity contribution in [1.29, 1.82) is 0 Å². The molecule has 0 saturated heterocycles. The second-order valence-corrected chi connectivity index (χ2v) is 6.29. The van der Waals surface area contributed by atoms with E-state index in [9.17, 15) is 0 Å². The van der Waals surface area contributed by atoms with Crippen molar-refractivity contribution in [2.75, 3.05) is 6.61 Å². The van der Waals surface area contributed by atoms with Crippen molar-refractivity contribution in [2.24, 2.45) is 0 Å². The van der Waals surface area contributed by atoms with Crippen LogP contribution in [-0.4, -0.2) is 11.6 Å². The van der Waals surface area contributed by atoms with Crippen molar-refractivity contribution in [3.63, 3.8) is 0 Å². The zero-order valence-electron chi connectivity index (χ0n) is 13.1. The molecule has 4 heteroatoms. The number of benzene rings is 1. The SMILES string of the molecule is CCCOc1ccc(C(C)NCc2ncc(CC)s2)cc1. The summed E-state index contributed by atoms with van der Waals surface area (Å²) >= 11 is 1.79. The van der Waals surface area contributed by atoms with E-state index in [2.05, 4.69) is 43.2 Å². The van der Waals surface area contributed by atoms with E-state index in [0.29, 0.717) is 6.04 Å². The lowest BCUT2D eigenvalue weighted by molar-refractivity contribution is 0.317. The van der Waals surface area contributed by atoms with Gasteiger partial charge in [-0.15, -0.1) is 11.3 Å². The Bertz CT molecular complexity index is 536. The van der Waals surface area contributed by atoms with Crippen LogP contribution in [0.5, 0.6) is 5.75 Å². The summed E-state index contributed by atoms with van der Waals surface area (Å²) < 4.78 is 5.61. The first-order chi connectivity index (χ1) is 10.2. The maximum atomic E-state index is 5.61. The van der Waals surface area contributed by atoms with E-state index in [0.717, 1.165) is 36.8 Å². The van der Waals surface area contributed by atoms with Gasteiger partial charge in [-0.2, -0.15) is 0 Å². The minimum Gasteiger partial charge on any atom is -0.494 e. The maximum absolute atomic E-state index is 5.61. The fraction of sp³-hybridized carbons (Fsp3) is 0.471. The first-order valence-electron chi connectivity index (χ1n) is 7.62. The summed E-state index contributed by atoms with van der Waals surface area (Å²) in [4.78, 5) is 5.78. The van der Waals surface area contributed by atoms with E-state index in [1.165, 1.54) is 10.4 Å². The number of hydrogen-bond donors (Lipinski definition) is 1. The van der Waals surface area contributed by atoms with Crippen LogP contribution < -0.4 is 10.1 Å². The van der Waals surface area contributed by atoms with E-state index >= 15 is 0 Å². The number of hydrogen-bond acceptors (Lipinski definition) is 4. The van der Waals surface area contributed by atoms with Crippen molar-refractivity contribution in [2.45, 2.75) is 46.2 Å². The van der Waals surface area contributed by atoms with Crippen molar-refractivity contribution >= 4 is 11.3 Å². The monoisotopic (exact) mass is 304 g/mol. The Morgan fingerprint density at radius 2 is 2.00 bits per heavy atom. The molecule has 1 heterocycles. The molecular formula is C17H24N2OS. The number of aromatic nitrogens is 1. The fourth-order valence-corrected chi connectivity index (χ4v) is 2.84. The van der Waals surface area contributed by atoms with Gasteiger partial charge in [-0.1, -0.05) is 26.0 Å². The zero-order valence-corrected chi connectivity index (χ0v) is 13.9. The molecule has 0 fully saturated rings. The number of ether oxygens (including phenoxy) is 1. The van der Waals surface area contributed by atoms with Gasteiger partial charge in [0, 0.05) is 23.7 Å². The highest BCUT2D eigenvalue weighted by atomic mass is 32.1. The summed E-state index contributed by atoms with van der Waals surface area (Å²) in [6.45, 7) is 8.05. The first kappa shape index (κ1) is 16.0. The van der Waals surface area contributed by atoms with Crippen molar-refractivity contribution < 1.29 is 4.74 Å². The van der Waals surface area contributed by atoms with E-state index in [4.69, 9.17) is 4.74 Å². The summed E-state index contributed by atoms with van der Waals surface area (Å²) in [6, 6.07) is 8.65. The first-order valence-corrected chi connectivity index (χ1v) is 8.44. The second-order valence-electron chi connectivity index (χ2n) is 5.09. The molecule has 0 aliphatic rings. The van der Waals surface area contributed by atoms with Crippen LogP contribution >= 0.6 is 11.3 Å². The summed E-state index contributed by atoms with van der Waals surface area (Å²) in [7, 11) is 0. The third-order valence-corrected chi connectivity index (χ3v) is 4.50. The van der Waals surface area contributed by atoms with E-state index < -0.39 is 0 Å². The summed E-state index contributed by atoms with van der Waals surface area (Å²) in [5.74, 6) is 0.945. The molecule has 2 aromatic rings. The van der Waals surface area contributed by atoms with Gasteiger partial charge in [-0.3, -0.25) is 0 Å². The van der Waals surface area contributed by atoms with Crippen LogP contribution in [0.25, 0.3) is 0 Å². The standard InChI is InChI=1S/C17H24N2OS/c1-4-10-20-15-8-6-14(7-9-15)13(3)18-12-17-19-11-16(5-2)21-17/h6-9,11,13,18H,4-5,10,12H2,1-3H3. The fourth-order valence-electron chi connectivity index (χ4n) is 2.02. The number of nitrogens with zero attached hydrogens (tertiary/aromatic N) is 1. The van der Waals surface area contributed by atoms with E-state index in [1.807, 2.05) is 18.3 Å². The number of thiazole rings is 1. The van der Waals surface area contributed by atoms with Crippen LogP contribution in [0.4, 0.5) is 0 Å². The Morgan fingerprint density at radius 3 is 2.62 bits per heavy atom. The van der Waals surface area contributed by atoms with Gasteiger partial charge in [0.05, 0.1) is 6.61 Å². The Balaban J connectivity index is 1.86. The van der Waals surface area contributed by atoms with Crippen LogP contribution in [0, 0.1) is 0 Å². The summed E-state index contributed by atoms with van der Waals surface area (Å²) in [6.07, 6.45) is 4.08. The average Bonchev–Trinajstić information content (AvgIpc) is 2.99. The average molecular weight is 304 g/mol. The molecule has 1 aromatic heterocycles. The van der Waals surface area contributed by atoms with E-state index in [-0.39, 0.29) is 0 Å². The van der Waals surface area contributed by atoms with Crippen molar-refractivity contribution in [3.8, 4) is 5.75 Å². The van der Waals surface area contributed by atoms with Gasteiger partial charge < -0.3 is 10.1 Å². The molecule has 0 spiro atoms. The number of aryl methyl sites for hydroxylation is 1. The smallest absolute Gasteiger partial charge is 0.119 e. The highest BCUT2D eigenvalue weighted by molar-refractivity contribution is 7.11. The van der Waals surface area contributed by atoms with Crippen LogP contribution in [0.1, 0.15) is 48.7 Å². The van der Waals surface area contributed by atoms with Crippen LogP contribution in [0.3, 0.4) is 0 Å². The summed E-state index contributed by atoms with van der Waals surface area (Å²) in [5, 5.41) is 4.68. The van der Waals surface area contributed by atoms with Gasteiger partial charge >= 0.3 is 0 Å². The lowest BCUT2D eigenvalue weighted by atomic mass is 10.1. The minimum atomic E-state index is 0.305. The second kappa shape index (κ2) is 8.15. The van der Waals surface area contributed by atoms with Crippen LogP contribution in [0.15, 0.2) is 30.5 Å². The van der Waals surface area contributed by atoms with Crippen molar-refractivity contribution in [1.82, 2.24) is 10.3 Å². The normalized spacial score (nSPS) is 12.3. The molecule has 0 radical (unpaired) electrons. The van der Waals surface area contributed by atoms with Gasteiger partial charge in [0.2, 0.25) is 0 Å². The molecule has 3 nitrogen and oxygen atoms in total. The third kappa shape index (κ3) is 4.83. The Hall–Kier alpha value is -1.39. The van der Waals surface area contributed by atoms with Crippen LogP contribution in [-0.2, 0) is 13.0 Å². The molecule has 114 valence electrons. The third-order valence-electron chi connectivity index (χ3n) is 3.36. The predicted octanol–water partition coefficient (Wildman–Crippen LogP) is 4.35. The molecule has 0 amide bonds. The van der Waals surface area contributed by atoms with Gasteiger partial charge in [0.1, 0.15) is 10.8 Å². The maximum Gasteiger partial charge on any atom is 0.119 e. The zero-order chi connectivity index (χ0) is 15.1. The van der Waals surface area contributed by atoms with Gasteiger partial charge in [0.15, 0.2) is 0 Å². The van der Waals surface area contributed by atoms with E-state index in [1.54, 1.807) is 11.3 Å². The molecular weight excluding hydrogens is 280 g/mol.